The molecule has 0 bridgehead atoms. The van der Waals surface area contributed by atoms with Gasteiger partial charge in [-0.1, -0.05) is 42.5 Å². The number of aromatic nitrogens is 2. The number of aromatic amines is 1. The van der Waals surface area contributed by atoms with Crippen molar-refractivity contribution in [3.8, 4) is 0 Å². The number of hydrogen-bond donors (Lipinski definition) is 3. The Morgan fingerprint density at radius 3 is 2.45 bits per heavy atom. The molecule has 1 amide bonds. The van der Waals surface area contributed by atoms with E-state index in [1.807, 2.05) is 6.07 Å². The number of aliphatic carboxylic acids is 1. The fourth-order valence-corrected chi connectivity index (χ4v) is 3.12. The van der Waals surface area contributed by atoms with Gasteiger partial charge < -0.3 is 15.4 Å². The Balaban J connectivity index is 1.61. The molecule has 1 unspecified atom stereocenters. The van der Waals surface area contributed by atoms with Gasteiger partial charge in [0.25, 0.3) is 5.56 Å². The summed E-state index contributed by atoms with van der Waals surface area (Å²) in [5, 5.41) is 12.2. The number of carbonyl (C=O) groups excluding carboxylic acids is 1. The van der Waals surface area contributed by atoms with E-state index in [1.165, 1.54) is 0 Å². The van der Waals surface area contributed by atoms with Crippen LogP contribution >= 0.6 is 0 Å². The molecule has 1 aromatic heterocycles. The molecular formula is C21H21N3O5. The smallest absolute Gasteiger partial charge is 0.328 e. The van der Waals surface area contributed by atoms with E-state index in [1.54, 1.807) is 48.5 Å². The van der Waals surface area contributed by atoms with Crippen LogP contribution in [0.5, 0.6) is 0 Å². The SMILES string of the molecule is O=C(CCCn1c(=O)[nH]c2ccccc2c1=O)NC(Cc1ccccc1)C(=O)O. The number of rotatable bonds is 8. The Morgan fingerprint density at radius 1 is 1.03 bits per heavy atom. The van der Waals surface area contributed by atoms with Gasteiger partial charge in [0.2, 0.25) is 5.91 Å². The van der Waals surface area contributed by atoms with E-state index in [4.69, 9.17) is 0 Å². The van der Waals surface area contributed by atoms with Gasteiger partial charge >= 0.3 is 11.7 Å². The molecule has 150 valence electrons. The zero-order valence-electron chi connectivity index (χ0n) is 15.6. The summed E-state index contributed by atoms with van der Waals surface area (Å²) < 4.78 is 1.05. The lowest BCUT2D eigenvalue weighted by molar-refractivity contribution is -0.141. The molecule has 8 nitrogen and oxygen atoms in total. The van der Waals surface area contributed by atoms with Crippen LogP contribution in [0, 0.1) is 0 Å². The van der Waals surface area contributed by atoms with Gasteiger partial charge in [0.1, 0.15) is 6.04 Å². The fraction of sp³-hybridized carbons (Fsp3) is 0.238. The van der Waals surface area contributed by atoms with Crippen molar-refractivity contribution in [2.24, 2.45) is 0 Å². The van der Waals surface area contributed by atoms with Crippen LogP contribution < -0.4 is 16.6 Å². The number of carbonyl (C=O) groups is 2. The molecule has 0 aliphatic rings. The Kier molecular flexibility index (Phi) is 6.23. The Bertz CT molecular complexity index is 1130. The van der Waals surface area contributed by atoms with Crippen LogP contribution in [0.25, 0.3) is 10.9 Å². The summed E-state index contributed by atoms with van der Waals surface area (Å²) in [6.45, 7) is 0.0584. The van der Waals surface area contributed by atoms with Crippen molar-refractivity contribution in [3.05, 3.63) is 81.0 Å². The number of nitrogens with one attached hydrogen (secondary N) is 2. The van der Waals surface area contributed by atoms with Gasteiger partial charge in [-0.05, 0) is 24.1 Å². The minimum Gasteiger partial charge on any atom is -0.480 e. The summed E-state index contributed by atoms with van der Waals surface area (Å²) in [7, 11) is 0. The molecule has 1 heterocycles. The van der Waals surface area contributed by atoms with E-state index in [2.05, 4.69) is 10.3 Å². The molecule has 8 heteroatoms. The van der Waals surface area contributed by atoms with Crippen molar-refractivity contribution in [2.45, 2.75) is 31.8 Å². The quantitative estimate of drug-likeness (QED) is 0.531. The Labute approximate surface area is 165 Å². The molecule has 3 N–H and O–H groups in total. The topological polar surface area (TPSA) is 121 Å². The summed E-state index contributed by atoms with van der Waals surface area (Å²) in [4.78, 5) is 50.8. The lowest BCUT2D eigenvalue weighted by Gasteiger charge is -2.15. The molecule has 0 saturated heterocycles. The average Bonchev–Trinajstić information content (AvgIpc) is 2.70. The second-order valence-electron chi connectivity index (χ2n) is 6.68. The van der Waals surface area contributed by atoms with Crippen LogP contribution in [0.3, 0.4) is 0 Å². The highest BCUT2D eigenvalue weighted by atomic mass is 16.4. The van der Waals surface area contributed by atoms with E-state index in [0.29, 0.717) is 10.9 Å². The average molecular weight is 395 g/mol. The predicted octanol–water partition coefficient (Wildman–Crippen LogP) is 1.28. The lowest BCUT2D eigenvalue weighted by Crippen LogP contribution is -2.42. The van der Waals surface area contributed by atoms with E-state index < -0.39 is 29.2 Å². The first-order chi connectivity index (χ1) is 14.0. The van der Waals surface area contributed by atoms with Gasteiger partial charge in [-0.3, -0.25) is 14.2 Å². The van der Waals surface area contributed by atoms with Crippen molar-refractivity contribution in [1.29, 1.82) is 0 Å². The van der Waals surface area contributed by atoms with Crippen LogP contribution in [0.15, 0.2) is 64.2 Å². The number of carboxylic acid groups (broad SMARTS) is 1. The minimum atomic E-state index is -1.12. The highest BCUT2D eigenvalue weighted by molar-refractivity contribution is 5.83. The maximum Gasteiger partial charge on any atom is 0.328 e. The van der Waals surface area contributed by atoms with Gasteiger partial charge in [-0.25, -0.2) is 9.59 Å². The van der Waals surface area contributed by atoms with Crippen molar-refractivity contribution in [3.63, 3.8) is 0 Å². The summed E-state index contributed by atoms with van der Waals surface area (Å²) in [6, 6.07) is 14.7. The maximum absolute atomic E-state index is 12.5. The van der Waals surface area contributed by atoms with Crippen LogP contribution in [0.4, 0.5) is 0 Å². The minimum absolute atomic E-state index is 0.00270. The second kappa shape index (κ2) is 9.01. The van der Waals surface area contributed by atoms with Crippen molar-refractivity contribution in [2.75, 3.05) is 0 Å². The zero-order chi connectivity index (χ0) is 20.8. The molecule has 3 rings (SSSR count). The van der Waals surface area contributed by atoms with E-state index in [0.717, 1.165) is 10.1 Å². The highest BCUT2D eigenvalue weighted by Gasteiger charge is 2.20. The third-order valence-corrected chi connectivity index (χ3v) is 4.59. The third kappa shape index (κ3) is 4.98. The molecule has 0 saturated carbocycles. The summed E-state index contributed by atoms with van der Waals surface area (Å²) in [5.41, 5.74) is 0.301. The molecular weight excluding hydrogens is 374 g/mol. The van der Waals surface area contributed by atoms with Crippen molar-refractivity contribution in [1.82, 2.24) is 14.9 Å². The number of fused-ring (bicyclic) bond motifs is 1. The largest absolute Gasteiger partial charge is 0.480 e. The first-order valence-corrected chi connectivity index (χ1v) is 9.23. The molecule has 0 spiro atoms. The van der Waals surface area contributed by atoms with E-state index in [-0.39, 0.29) is 25.8 Å². The molecule has 2 aromatic carbocycles. The van der Waals surface area contributed by atoms with E-state index >= 15 is 0 Å². The molecule has 0 aliphatic carbocycles. The number of benzene rings is 2. The third-order valence-electron chi connectivity index (χ3n) is 4.59. The second-order valence-corrected chi connectivity index (χ2v) is 6.68. The molecule has 1 atom stereocenters. The van der Waals surface area contributed by atoms with Gasteiger partial charge in [0.15, 0.2) is 0 Å². The van der Waals surface area contributed by atoms with Gasteiger partial charge in [-0.15, -0.1) is 0 Å². The fourth-order valence-electron chi connectivity index (χ4n) is 3.12. The van der Waals surface area contributed by atoms with Crippen molar-refractivity contribution >= 4 is 22.8 Å². The summed E-state index contributed by atoms with van der Waals surface area (Å²) >= 11 is 0. The molecule has 29 heavy (non-hydrogen) atoms. The van der Waals surface area contributed by atoms with Crippen LogP contribution in [0.2, 0.25) is 0 Å². The normalized spacial score (nSPS) is 11.9. The number of hydrogen-bond acceptors (Lipinski definition) is 4. The first kappa shape index (κ1) is 20.1. The number of amides is 1. The summed E-state index contributed by atoms with van der Waals surface area (Å²) in [5.74, 6) is -1.57. The van der Waals surface area contributed by atoms with Crippen LogP contribution in [0.1, 0.15) is 18.4 Å². The molecule has 0 radical (unpaired) electrons. The van der Waals surface area contributed by atoms with Crippen molar-refractivity contribution < 1.29 is 14.7 Å². The monoisotopic (exact) mass is 395 g/mol. The number of para-hydroxylation sites is 1. The number of nitrogens with zero attached hydrogens (tertiary/aromatic N) is 1. The molecule has 3 aromatic rings. The lowest BCUT2D eigenvalue weighted by atomic mass is 10.1. The van der Waals surface area contributed by atoms with Gasteiger partial charge in [0.05, 0.1) is 10.9 Å². The predicted molar refractivity (Wildman–Crippen MR) is 108 cm³/mol. The first-order valence-electron chi connectivity index (χ1n) is 9.23. The van der Waals surface area contributed by atoms with Gasteiger partial charge in [-0.2, -0.15) is 0 Å². The van der Waals surface area contributed by atoms with Gasteiger partial charge in [0, 0.05) is 19.4 Å². The van der Waals surface area contributed by atoms with E-state index in [9.17, 15) is 24.3 Å². The molecule has 0 fully saturated rings. The number of H-pyrrole nitrogens is 1. The zero-order valence-corrected chi connectivity index (χ0v) is 15.6. The van der Waals surface area contributed by atoms with Crippen LogP contribution in [-0.2, 0) is 22.6 Å². The Morgan fingerprint density at radius 2 is 1.72 bits per heavy atom. The Hall–Kier alpha value is -3.68. The summed E-state index contributed by atoms with van der Waals surface area (Å²) in [6.07, 6.45) is 0.397. The van der Waals surface area contributed by atoms with Crippen LogP contribution in [-0.4, -0.2) is 32.6 Å². The highest BCUT2D eigenvalue weighted by Crippen LogP contribution is 2.05. The maximum atomic E-state index is 12.5. The standard InChI is InChI=1S/C21H21N3O5/c25-18(22-17(20(27)28)13-14-7-2-1-3-8-14)11-6-12-24-19(26)15-9-4-5-10-16(15)23-21(24)29/h1-5,7-10,17H,6,11-13H2,(H,22,25)(H,23,29)(H,27,28). The molecule has 0 aliphatic heterocycles. The number of carboxylic acids is 1.